The van der Waals surface area contributed by atoms with E-state index in [2.05, 4.69) is 19.2 Å². The smallest absolute Gasteiger partial charge is 0.220 e. The predicted molar refractivity (Wildman–Crippen MR) is 430 cm³/mol. The molecule has 3 rings (SSSR count). The maximum Gasteiger partial charge on any atom is 0.220 e. The number of hydrogen-bond donors (Lipinski definition) is 12. The van der Waals surface area contributed by atoms with Crippen LogP contribution >= 0.6 is 0 Å². The van der Waals surface area contributed by atoms with Crippen LogP contribution in [0.3, 0.4) is 0 Å². The molecular weight excluding hydrogens is 1360 g/mol. The van der Waals surface area contributed by atoms with Gasteiger partial charge in [-0.1, -0.05) is 398 Å². The third kappa shape index (κ3) is 47.9. The van der Waals surface area contributed by atoms with E-state index in [9.17, 15) is 61.0 Å². The van der Waals surface area contributed by atoms with Crippen molar-refractivity contribution in [3.63, 3.8) is 0 Å². The van der Waals surface area contributed by atoms with Gasteiger partial charge in [0.2, 0.25) is 5.91 Å². The van der Waals surface area contributed by atoms with Crippen molar-refractivity contribution in [2.45, 2.75) is 516 Å². The second-order valence-corrected chi connectivity index (χ2v) is 32.8. The van der Waals surface area contributed by atoms with Gasteiger partial charge in [-0.3, -0.25) is 4.79 Å². The second-order valence-electron chi connectivity index (χ2n) is 32.8. The van der Waals surface area contributed by atoms with E-state index in [1.165, 1.54) is 340 Å². The van der Waals surface area contributed by atoms with Crippen LogP contribution in [0.1, 0.15) is 412 Å². The minimum atomic E-state index is -1.98. The van der Waals surface area contributed by atoms with Gasteiger partial charge >= 0.3 is 0 Å². The van der Waals surface area contributed by atoms with E-state index in [0.29, 0.717) is 6.42 Å². The highest BCUT2D eigenvalue weighted by Crippen LogP contribution is 2.34. The van der Waals surface area contributed by atoms with Crippen molar-refractivity contribution in [3.8, 4) is 0 Å². The zero-order valence-electron chi connectivity index (χ0n) is 68.4. The topological polar surface area (TPSA) is 307 Å². The number of ether oxygens (including phenoxy) is 6. The van der Waals surface area contributed by atoms with E-state index in [0.717, 1.165) is 44.9 Å². The Labute approximate surface area is 652 Å². The van der Waals surface area contributed by atoms with Crippen LogP contribution in [0.4, 0.5) is 0 Å². The Bertz CT molecular complexity index is 1970. The monoisotopic (exact) mass is 1530 g/mol. The second kappa shape index (κ2) is 68.9. The van der Waals surface area contributed by atoms with Crippen molar-refractivity contribution >= 4 is 5.91 Å². The van der Waals surface area contributed by atoms with Crippen LogP contribution in [-0.2, 0) is 33.2 Å². The fourth-order valence-electron chi connectivity index (χ4n) is 15.8. The Morgan fingerprint density at radius 1 is 0.327 bits per heavy atom. The SMILES string of the molecule is CCCCCCCCCCCCCCCCCCCCC/C=C/C(O)C(COC1OC(CO)C(OC2OC(CO)C(OC3OC(CO)C(O)C(O)C3O)C(O)C2O)C(O)C1O)NC(=O)CCCCCCCCCCCCCCCCCCCCCCCCCCCCCCCCCCCCCCCCCCC. The van der Waals surface area contributed by atoms with Gasteiger partial charge in [0, 0.05) is 6.42 Å². The zero-order chi connectivity index (χ0) is 77.4. The van der Waals surface area contributed by atoms with E-state index in [4.69, 9.17) is 28.4 Å². The lowest BCUT2D eigenvalue weighted by Crippen LogP contribution is -2.66. The van der Waals surface area contributed by atoms with Gasteiger partial charge < -0.3 is 89.9 Å². The summed E-state index contributed by atoms with van der Waals surface area (Å²) in [6.45, 7) is 1.81. The number of aliphatic hydroxyl groups is 11. The molecule has 19 heteroatoms. The first-order valence-corrected chi connectivity index (χ1v) is 45.4. The molecule has 3 aliphatic heterocycles. The van der Waals surface area contributed by atoms with E-state index in [-0.39, 0.29) is 18.9 Å². The molecule has 3 heterocycles. The van der Waals surface area contributed by atoms with Gasteiger partial charge in [0.25, 0.3) is 0 Å². The first-order valence-electron chi connectivity index (χ1n) is 45.4. The van der Waals surface area contributed by atoms with Crippen LogP contribution in [0.5, 0.6) is 0 Å². The summed E-state index contributed by atoms with van der Waals surface area (Å²) in [4.78, 5) is 13.5. The molecule has 634 valence electrons. The minimum Gasteiger partial charge on any atom is -0.394 e. The molecule has 0 spiro atoms. The highest BCUT2D eigenvalue weighted by Gasteiger charge is 2.54. The van der Waals surface area contributed by atoms with Gasteiger partial charge in [0.1, 0.15) is 73.2 Å². The number of nitrogens with one attached hydrogen (secondary N) is 1. The number of rotatable bonds is 75. The minimum absolute atomic E-state index is 0.250. The highest BCUT2D eigenvalue weighted by molar-refractivity contribution is 5.76. The maximum absolute atomic E-state index is 13.5. The van der Waals surface area contributed by atoms with E-state index in [1.807, 2.05) is 6.08 Å². The molecule has 17 unspecified atom stereocenters. The van der Waals surface area contributed by atoms with Crippen LogP contribution in [0.2, 0.25) is 0 Å². The van der Waals surface area contributed by atoms with Gasteiger partial charge in [-0.15, -0.1) is 0 Å². The van der Waals surface area contributed by atoms with Crippen LogP contribution in [0, 0.1) is 0 Å². The number of carbonyl (C=O) groups excluding carboxylic acids is 1. The summed E-state index contributed by atoms with van der Waals surface area (Å²) < 4.78 is 34.5. The van der Waals surface area contributed by atoms with Crippen molar-refractivity contribution < 1.29 is 89.4 Å². The molecule has 0 saturated carbocycles. The lowest BCUT2D eigenvalue weighted by Gasteiger charge is -2.48. The van der Waals surface area contributed by atoms with Gasteiger partial charge in [-0.25, -0.2) is 0 Å². The van der Waals surface area contributed by atoms with Crippen LogP contribution in [0.25, 0.3) is 0 Å². The number of aliphatic hydroxyl groups excluding tert-OH is 11. The van der Waals surface area contributed by atoms with Crippen molar-refractivity contribution in [1.29, 1.82) is 0 Å². The van der Waals surface area contributed by atoms with Crippen molar-refractivity contribution in [2.75, 3.05) is 26.4 Å². The number of carbonyl (C=O) groups is 1. The average Bonchev–Trinajstić information content (AvgIpc) is 0.780. The van der Waals surface area contributed by atoms with Gasteiger partial charge in [-0.05, 0) is 19.3 Å². The molecule has 3 fully saturated rings. The Hall–Kier alpha value is -1.47. The lowest BCUT2D eigenvalue weighted by molar-refractivity contribution is -0.379. The number of hydrogen-bond acceptors (Lipinski definition) is 18. The Morgan fingerprint density at radius 2 is 0.579 bits per heavy atom. The van der Waals surface area contributed by atoms with E-state index < -0.39 is 124 Å². The number of amides is 1. The average molecular weight is 1530 g/mol. The Morgan fingerprint density at radius 3 is 0.879 bits per heavy atom. The highest BCUT2D eigenvalue weighted by atomic mass is 16.8. The molecule has 107 heavy (non-hydrogen) atoms. The molecule has 12 N–H and O–H groups in total. The fraction of sp³-hybridized carbons (Fsp3) is 0.966. The van der Waals surface area contributed by atoms with E-state index >= 15 is 0 Å². The molecule has 17 atom stereocenters. The molecular formula is C88H169NO18. The van der Waals surface area contributed by atoms with Crippen LogP contribution < -0.4 is 5.32 Å². The van der Waals surface area contributed by atoms with Crippen LogP contribution in [0.15, 0.2) is 12.2 Å². The molecule has 0 aromatic carbocycles. The zero-order valence-corrected chi connectivity index (χ0v) is 68.4. The van der Waals surface area contributed by atoms with Gasteiger partial charge in [0.05, 0.1) is 38.6 Å². The summed E-state index contributed by atoms with van der Waals surface area (Å²) in [5, 5.41) is 121. The quantitative estimate of drug-likeness (QED) is 0.0199. The summed E-state index contributed by atoms with van der Waals surface area (Å²) in [6.07, 6.45) is 58.2. The predicted octanol–water partition coefficient (Wildman–Crippen LogP) is 17.1. The summed E-state index contributed by atoms with van der Waals surface area (Å²) in [5.41, 5.74) is 0. The molecule has 0 bridgehead atoms. The third-order valence-corrected chi connectivity index (χ3v) is 23.1. The van der Waals surface area contributed by atoms with E-state index in [1.54, 1.807) is 6.08 Å². The number of unbranched alkanes of at least 4 members (excludes halogenated alkanes) is 59. The Kier molecular flexibility index (Phi) is 64.2. The molecule has 1 amide bonds. The largest absolute Gasteiger partial charge is 0.394 e. The molecule has 0 aromatic heterocycles. The lowest BCUT2D eigenvalue weighted by atomic mass is 9.96. The molecule has 0 aliphatic carbocycles. The fourth-order valence-corrected chi connectivity index (χ4v) is 15.8. The summed E-state index contributed by atoms with van der Waals surface area (Å²) >= 11 is 0. The molecule has 3 saturated heterocycles. The molecule has 19 nitrogen and oxygen atoms in total. The maximum atomic E-state index is 13.5. The van der Waals surface area contributed by atoms with Gasteiger partial charge in [-0.2, -0.15) is 0 Å². The summed E-state index contributed by atoms with van der Waals surface area (Å²) in [5.74, 6) is -0.265. The third-order valence-electron chi connectivity index (χ3n) is 23.1. The van der Waals surface area contributed by atoms with Gasteiger partial charge in [0.15, 0.2) is 18.9 Å². The molecule has 0 radical (unpaired) electrons. The van der Waals surface area contributed by atoms with Crippen molar-refractivity contribution in [2.24, 2.45) is 0 Å². The van der Waals surface area contributed by atoms with Crippen molar-refractivity contribution in [1.82, 2.24) is 5.32 Å². The summed E-state index contributed by atoms with van der Waals surface area (Å²) in [7, 11) is 0. The van der Waals surface area contributed by atoms with Crippen molar-refractivity contribution in [3.05, 3.63) is 12.2 Å². The normalized spacial score (nSPS) is 25.5. The first kappa shape index (κ1) is 99.7. The Balaban J connectivity index is 1.28. The number of allylic oxidation sites excluding steroid dienone is 1. The first-order chi connectivity index (χ1) is 52.3. The standard InChI is InChI=1S/C88H169NO18/c1-3-5-7-9-11-13-15-17-19-21-23-25-26-27-28-29-30-31-32-33-34-35-36-37-38-39-40-41-42-43-44-46-48-50-52-54-56-58-60-62-64-66-76(94)89-71(72(93)65-63-61-59-57-55-53-51-49-47-45-24-22-20-18-16-14-12-10-8-6-4-2)70-102-86-82(100)79(97)84(74(68-91)104-86)107-88-83(101)80(98)85(75(69-92)105-88)106-87-81(99)78(96)77(95)73(67-90)103-87/h63,65,71-75,77-88,90-93,95-101H,3-62,64,66-70H2,1-2H3,(H,89,94)/b65-63+. The summed E-state index contributed by atoms with van der Waals surface area (Å²) in [6, 6.07) is -0.971. The molecule has 0 aromatic rings. The van der Waals surface area contributed by atoms with Crippen LogP contribution in [-0.4, -0.2) is 193 Å². The molecule has 3 aliphatic rings.